The van der Waals surface area contributed by atoms with Gasteiger partial charge in [-0.25, -0.2) is 27.5 Å². The van der Waals surface area contributed by atoms with E-state index < -0.39 is 10.0 Å². The van der Waals surface area contributed by atoms with Gasteiger partial charge >= 0.3 is 0 Å². The van der Waals surface area contributed by atoms with Gasteiger partial charge in [0.1, 0.15) is 5.82 Å². The molecule has 0 aliphatic carbocycles. The number of sulfonamides is 1. The number of hydrogen-bond acceptors (Lipinski definition) is 8. The molecule has 3 heterocycles. The van der Waals surface area contributed by atoms with E-state index in [2.05, 4.69) is 32.2 Å². The lowest BCUT2D eigenvalue weighted by Gasteiger charge is -2.38. The van der Waals surface area contributed by atoms with Gasteiger partial charge in [0, 0.05) is 48.8 Å². The number of halogens is 1. The average molecular weight is 556 g/mol. The Labute approximate surface area is 228 Å². The molecule has 1 amide bonds. The number of hydrogen-bond donors (Lipinski definition) is 3. The summed E-state index contributed by atoms with van der Waals surface area (Å²) < 4.78 is 38.4. The number of benzene rings is 1. The van der Waals surface area contributed by atoms with Crippen molar-refractivity contribution in [2.24, 2.45) is 0 Å². The molecule has 1 aliphatic rings. The summed E-state index contributed by atoms with van der Waals surface area (Å²) in [6, 6.07) is 9.56. The number of anilines is 2. The Morgan fingerprint density at radius 2 is 1.92 bits per heavy atom. The minimum absolute atomic E-state index is 0.0151. The van der Waals surface area contributed by atoms with Gasteiger partial charge in [-0.3, -0.25) is 9.78 Å². The fraction of sp³-hybridized carbons (Fsp3) is 0.407. The first-order valence-electron chi connectivity index (χ1n) is 12.9. The number of nitrogens with one attached hydrogen (secondary N) is 3. The van der Waals surface area contributed by atoms with Crippen LogP contribution in [0, 0.1) is 5.82 Å². The third-order valence-corrected chi connectivity index (χ3v) is 7.38. The second-order valence-electron chi connectivity index (χ2n) is 9.73. The van der Waals surface area contributed by atoms with E-state index in [1.54, 1.807) is 24.3 Å². The number of aromatic nitrogens is 3. The number of nitrogens with zero attached hydrogens (tertiary/aromatic N) is 4. The Kier molecular flexibility index (Phi) is 9.20. The summed E-state index contributed by atoms with van der Waals surface area (Å²) in [6.45, 7) is 5.29. The fourth-order valence-electron chi connectivity index (χ4n) is 4.59. The Balaban J connectivity index is 1.34. The second-order valence-corrected chi connectivity index (χ2v) is 11.6. The molecule has 10 nitrogen and oxygen atoms in total. The summed E-state index contributed by atoms with van der Waals surface area (Å²) >= 11 is 0. The van der Waals surface area contributed by atoms with Crippen molar-refractivity contribution in [1.82, 2.24) is 29.9 Å². The fourth-order valence-corrected chi connectivity index (χ4v) is 5.00. The molecule has 4 rings (SSSR count). The van der Waals surface area contributed by atoms with Crippen LogP contribution in [0.2, 0.25) is 0 Å². The van der Waals surface area contributed by atoms with Gasteiger partial charge in [0.25, 0.3) is 5.91 Å². The predicted molar refractivity (Wildman–Crippen MR) is 147 cm³/mol. The zero-order valence-electron chi connectivity index (χ0n) is 22.3. The van der Waals surface area contributed by atoms with Crippen molar-refractivity contribution in [3.63, 3.8) is 0 Å². The molecule has 1 aliphatic heterocycles. The molecule has 0 radical (unpaired) electrons. The summed E-state index contributed by atoms with van der Waals surface area (Å²) in [5.74, 6) is 0.0551. The van der Waals surface area contributed by atoms with Crippen molar-refractivity contribution in [2.75, 3.05) is 18.1 Å². The molecule has 3 aromatic rings. The van der Waals surface area contributed by atoms with Gasteiger partial charge in [0.2, 0.25) is 16.0 Å². The van der Waals surface area contributed by atoms with E-state index in [4.69, 9.17) is 4.98 Å². The number of rotatable bonds is 10. The van der Waals surface area contributed by atoms with Crippen molar-refractivity contribution in [3.8, 4) is 0 Å². The highest BCUT2D eigenvalue weighted by molar-refractivity contribution is 7.88. The molecule has 2 atom stereocenters. The number of amides is 1. The van der Waals surface area contributed by atoms with Crippen LogP contribution < -0.4 is 15.4 Å². The third kappa shape index (κ3) is 8.01. The molecule has 12 heteroatoms. The lowest BCUT2D eigenvalue weighted by molar-refractivity contribution is 0.0601. The molecule has 0 bridgehead atoms. The van der Waals surface area contributed by atoms with Crippen molar-refractivity contribution in [2.45, 2.75) is 58.3 Å². The average Bonchev–Trinajstić information content (AvgIpc) is 2.91. The van der Waals surface area contributed by atoms with Gasteiger partial charge < -0.3 is 15.5 Å². The number of carbonyl (C=O) groups is 1. The summed E-state index contributed by atoms with van der Waals surface area (Å²) in [5.41, 5.74) is 3.63. The highest BCUT2D eigenvalue weighted by Crippen LogP contribution is 2.21. The quantitative estimate of drug-likeness (QED) is 0.348. The van der Waals surface area contributed by atoms with E-state index in [1.807, 2.05) is 18.0 Å². The van der Waals surface area contributed by atoms with Crippen LogP contribution in [0.5, 0.6) is 0 Å². The normalized spacial score (nSPS) is 17.7. The van der Waals surface area contributed by atoms with Gasteiger partial charge in [-0.05, 0) is 68.1 Å². The molecule has 0 saturated carbocycles. The van der Waals surface area contributed by atoms with Gasteiger partial charge in [-0.2, -0.15) is 0 Å². The number of aryl methyl sites for hydroxylation is 1. The predicted octanol–water partition coefficient (Wildman–Crippen LogP) is 3.15. The molecule has 1 fully saturated rings. The Morgan fingerprint density at radius 3 is 2.62 bits per heavy atom. The Morgan fingerprint density at radius 1 is 1.15 bits per heavy atom. The van der Waals surface area contributed by atoms with Gasteiger partial charge in [-0.15, -0.1) is 0 Å². The van der Waals surface area contributed by atoms with E-state index in [0.717, 1.165) is 36.8 Å². The van der Waals surface area contributed by atoms with Crippen LogP contribution in [0.15, 0.2) is 48.8 Å². The molecule has 3 N–H and O–H groups in total. The maximum absolute atomic E-state index is 13.2. The van der Waals surface area contributed by atoms with E-state index >= 15 is 0 Å². The van der Waals surface area contributed by atoms with Crippen LogP contribution in [-0.4, -0.2) is 59.1 Å². The monoisotopic (exact) mass is 555 g/mol. The Bertz CT molecular complexity index is 1400. The summed E-state index contributed by atoms with van der Waals surface area (Å²) in [6.07, 6.45) is 6.79. The van der Waals surface area contributed by atoms with E-state index in [-0.39, 0.29) is 30.4 Å². The zero-order chi connectivity index (χ0) is 28.0. The molecular weight excluding hydrogens is 521 g/mol. The molecular formula is C27H34FN7O3S. The van der Waals surface area contributed by atoms with E-state index in [1.165, 1.54) is 18.3 Å². The topological polar surface area (TPSA) is 129 Å². The zero-order valence-corrected chi connectivity index (χ0v) is 23.1. The lowest BCUT2D eigenvalue weighted by atomic mass is 9.97. The highest BCUT2D eigenvalue weighted by Gasteiger charge is 2.29. The Hall–Kier alpha value is -3.48. The third-order valence-electron chi connectivity index (χ3n) is 6.71. The summed E-state index contributed by atoms with van der Waals surface area (Å²) in [7, 11) is -3.36. The molecule has 1 aromatic carbocycles. The number of pyridine rings is 1. The first-order valence-corrected chi connectivity index (χ1v) is 14.8. The van der Waals surface area contributed by atoms with Gasteiger partial charge in [0.05, 0.1) is 24.2 Å². The number of piperidine rings is 1. The minimum Gasteiger partial charge on any atom is -0.336 e. The van der Waals surface area contributed by atoms with Crippen LogP contribution in [0.1, 0.15) is 54.0 Å². The van der Waals surface area contributed by atoms with Gasteiger partial charge in [0.15, 0.2) is 0 Å². The molecule has 208 valence electrons. The first kappa shape index (κ1) is 28.5. The molecule has 0 spiro atoms. The van der Waals surface area contributed by atoms with Crippen LogP contribution >= 0.6 is 0 Å². The standard InChI is InChI=1S/C27H34FN7O3S/c1-4-19-15-31-27(33-22-7-5-21(28)6-8-22)34-25(19)17-30-23-10-12-35(18(2)13-23)26(36)20-9-11-29-24(14-20)16-32-39(3,37)38/h5-9,11,14-15,18,23,30,32H,4,10,12-13,16-17H2,1-3H3,(H,31,33,34)/t18-,23-/m1/s1. The minimum atomic E-state index is -3.36. The van der Waals surface area contributed by atoms with Crippen molar-refractivity contribution in [3.05, 3.63) is 77.1 Å². The van der Waals surface area contributed by atoms with Crippen LogP contribution in [0.4, 0.5) is 16.0 Å². The van der Waals surface area contributed by atoms with Crippen molar-refractivity contribution >= 4 is 27.6 Å². The highest BCUT2D eigenvalue weighted by atomic mass is 32.2. The van der Waals surface area contributed by atoms with Crippen LogP contribution in [0.25, 0.3) is 0 Å². The second kappa shape index (κ2) is 12.6. The molecule has 2 aromatic heterocycles. The largest absolute Gasteiger partial charge is 0.336 e. The molecule has 0 unspecified atom stereocenters. The summed E-state index contributed by atoms with van der Waals surface area (Å²) in [4.78, 5) is 28.3. The summed E-state index contributed by atoms with van der Waals surface area (Å²) in [5, 5.41) is 6.72. The van der Waals surface area contributed by atoms with Gasteiger partial charge in [-0.1, -0.05) is 6.92 Å². The number of likely N-dealkylation sites (tertiary alicyclic amines) is 1. The number of carbonyl (C=O) groups excluding carboxylic acids is 1. The van der Waals surface area contributed by atoms with Crippen molar-refractivity contribution < 1.29 is 17.6 Å². The van der Waals surface area contributed by atoms with E-state index in [0.29, 0.717) is 36.0 Å². The van der Waals surface area contributed by atoms with E-state index in [9.17, 15) is 17.6 Å². The maximum atomic E-state index is 13.2. The smallest absolute Gasteiger partial charge is 0.254 e. The van der Waals surface area contributed by atoms with Crippen LogP contribution in [0.3, 0.4) is 0 Å². The first-order chi connectivity index (χ1) is 18.6. The molecule has 1 saturated heterocycles. The van der Waals surface area contributed by atoms with Crippen LogP contribution in [-0.2, 0) is 29.5 Å². The molecule has 39 heavy (non-hydrogen) atoms. The lowest BCUT2D eigenvalue weighted by Crippen LogP contribution is -2.49. The SMILES string of the molecule is CCc1cnc(Nc2ccc(F)cc2)nc1CN[C@@H]1CCN(C(=O)c2ccnc(CNS(C)(=O)=O)c2)[C@H](C)C1. The van der Waals surface area contributed by atoms with Crippen molar-refractivity contribution in [1.29, 1.82) is 0 Å². The maximum Gasteiger partial charge on any atom is 0.254 e.